The molecule has 0 aliphatic rings. The van der Waals surface area contributed by atoms with Crippen LogP contribution in [0.1, 0.15) is 16.3 Å². The Kier molecular flexibility index (Phi) is 3.57. The van der Waals surface area contributed by atoms with Crippen molar-refractivity contribution >= 4 is 11.7 Å². The van der Waals surface area contributed by atoms with Gasteiger partial charge < -0.3 is 14.5 Å². The number of nitrogens with two attached hydrogens (primary N) is 1. The van der Waals surface area contributed by atoms with Crippen molar-refractivity contribution in [3.63, 3.8) is 0 Å². The van der Waals surface area contributed by atoms with Gasteiger partial charge in [-0.2, -0.15) is 0 Å². The van der Waals surface area contributed by atoms with E-state index in [9.17, 15) is 4.79 Å². The van der Waals surface area contributed by atoms with Crippen LogP contribution in [-0.4, -0.2) is 13.1 Å². The summed E-state index contributed by atoms with van der Waals surface area (Å²) in [6, 6.07) is 13.4. The SMILES string of the molecule is COC(=O)c1ccc(C[NH2+]c2ccccc2)o1. The van der Waals surface area contributed by atoms with E-state index in [1.54, 1.807) is 12.1 Å². The van der Waals surface area contributed by atoms with Crippen LogP contribution in [0.15, 0.2) is 46.9 Å². The normalized spacial score (nSPS) is 10.2. The number of methoxy groups -OCH3 is 1. The van der Waals surface area contributed by atoms with Gasteiger partial charge in [-0.3, -0.25) is 0 Å². The van der Waals surface area contributed by atoms with E-state index in [0.717, 1.165) is 11.4 Å². The fourth-order valence-electron chi connectivity index (χ4n) is 1.51. The summed E-state index contributed by atoms with van der Waals surface area (Å²) in [7, 11) is 1.33. The van der Waals surface area contributed by atoms with E-state index in [1.165, 1.54) is 7.11 Å². The predicted molar refractivity (Wildman–Crippen MR) is 61.8 cm³/mol. The van der Waals surface area contributed by atoms with Crippen LogP contribution in [0.5, 0.6) is 0 Å². The monoisotopic (exact) mass is 232 g/mol. The topological polar surface area (TPSA) is 56.0 Å². The lowest BCUT2D eigenvalue weighted by Crippen LogP contribution is -2.76. The number of hydrogen-bond acceptors (Lipinski definition) is 3. The zero-order valence-corrected chi connectivity index (χ0v) is 9.55. The standard InChI is InChI=1S/C13H13NO3/c1-16-13(15)12-8-7-11(17-12)9-14-10-5-3-2-4-6-10/h2-8,14H,9H2,1H3/p+1. The molecule has 0 fully saturated rings. The molecule has 0 amide bonds. The molecule has 2 rings (SSSR count). The number of rotatable bonds is 4. The van der Waals surface area contributed by atoms with Gasteiger partial charge >= 0.3 is 5.97 Å². The molecule has 0 aliphatic carbocycles. The van der Waals surface area contributed by atoms with E-state index in [2.05, 4.69) is 4.74 Å². The molecule has 0 unspecified atom stereocenters. The second kappa shape index (κ2) is 5.32. The van der Waals surface area contributed by atoms with E-state index in [-0.39, 0.29) is 5.76 Å². The van der Waals surface area contributed by atoms with Crippen LogP contribution in [0, 0.1) is 0 Å². The molecule has 4 nitrogen and oxygen atoms in total. The number of esters is 1. The zero-order valence-electron chi connectivity index (χ0n) is 9.55. The predicted octanol–water partition coefficient (Wildman–Crippen LogP) is 1.46. The Bertz CT molecular complexity index is 490. The molecule has 0 saturated heterocycles. The maximum atomic E-state index is 11.2. The first-order valence-corrected chi connectivity index (χ1v) is 5.35. The lowest BCUT2D eigenvalue weighted by molar-refractivity contribution is -0.590. The number of hydrogen-bond donors (Lipinski definition) is 1. The highest BCUT2D eigenvalue weighted by Gasteiger charge is 2.11. The molecule has 0 atom stereocenters. The van der Waals surface area contributed by atoms with Crippen molar-refractivity contribution in [3.05, 3.63) is 54.0 Å². The molecule has 88 valence electrons. The molecule has 0 saturated carbocycles. The summed E-state index contributed by atoms with van der Waals surface area (Å²) in [4.78, 5) is 11.2. The van der Waals surface area contributed by atoms with Gasteiger partial charge in [0, 0.05) is 0 Å². The van der Waals surface area contributed by atoms with Crippen LogP contribution in [0.25, 0.3) is 0 Å². The third kappa shape index (κ3) is 2.95. The summed E-state index contributed by atoms with van der Waals surface area (Å²) in [5.41, 5.74) is 1.13. The summed E-state index contributed by atoms with van der Waals surface area (Å²) < 4.78 is 9.92. The maximum Gasteiger partial charge on any atom is 0.373 e. The van der Waals surface area contributed by atoms with Crippen molar-refractivity contribution < 1.29 is 19.3 Å². The van der Waals surface area contributed by atoms with E-state index in [0.29, 0.717) is 6.54 Å². The van der Waals surface area contributed by atoms with Crippen molar-refractivity contribution in [2.24, 2.45) is 0 Å². The second-order valence-electron chi connectivity index (χ2n) is 3.58. The molecule has 0 aliphatic heterocycles. The summed E-state index contributed by atoms with van der Waals surface area (Å²) >= 11 is 0. The Morgan fingerprint density at radius 1 is 1.24 bits per heavy atom. The summed E-state index contributed by atoms with van der Waals surface area (Å²) in [6.07, 6.45) is 0. The van der Waals surface area contributed by atoms with Crippen molar-refractivity contribution in [3.8, 4) is 0 Å². The Morgan fingerprint density at radius 2 is 2.00 bits per heavy atom. The van der Waals surface area contributed by atoms with Crippen LogP contribution in [0.3, 0.4) is 0 Å². The first-order chi connectivity index (χ1) is 8.29. The van der Waals surface area contributed by atoms with Gasteiger partial charge in [-0.05, 0) is 24.3 Å². The number of carbonyl (C=O) groups is 1. The fraction of sp³-hybridized carbons (Fsp3) is 0.154. The average Bonchev–Trinajstić information content (AvgIpc) is 2.85. The van der Waals surface area contributed by atoms with Gasteiger partial charge in [0.05, 0.1) is 7.11 Å². The molecule has 1 aromatic carbocycles. The molecular formula is C13H14NO3+. The average molecular weight is 232 g/mol. The highest BCUT2D eigenvalue weighted by Crippen LogP contribution is 2.08. The van der Waals surface area contributed by atoms with Gasteiger partial charge in [-0.15, -0.1) is 0 Å². The van der Waals surface area contributed by atoms with Crippen molar-refractivity contribution in [2.45, 2.75) is 6.54 Å². The molecule has 0 spiro atoms. The van der Waals surface area contributed by atoms with E-state index >= 15 is 0 Å². The number of carbonyl (C=O) groups excluding carboxylic acids is 1. The summed E-state index contributed by atoms with van der Waals surface area (Å²) in [5, 5.41) is 2.04. The van der Waals surface area contributed by atoms with Gasteiger partial charge in [-0.25, -0.2) is 4.79 Å². The Balaban J connectivity index is 1.96. The van der Waals surface area contributed by atoms with Gasteiger partial charge in [0.15, 0.2) is 5.76 Å². The minimum atomic E-state index is -0.448. The fourth-order valence-corrected chi connectivity index (χ4v) is 1.51. The maximum absolute atomic E-state index is 11.2. The third-order valence-corrected chi connectivity index (χ3v) is 2.39. The first kappa shape index (κ1) is 11.4. The van der Waals surface area contributed by atoms with Gasteiger partial charge in [0.2, 0.25) is 5.76 Å². The molecular weight excluding hydrogens is 218 g/mol. The molecule has 2 aromatic rings. The lowest BCUT2D eigenvalue weighted by atomic mass is 10.3. The number of furan rings is 1. The molecule has 0 bridgehead atoms. The van der Waals surface area contributed by atoms with Crippen molar-refractivity contribution in [1.82, 2.24) is 0 Å². The highest BCUT2D eigenvalue weighted by molar-refractivity contribution is 5.86. The van der Waals surface area contributed by atoms with Gasteiger partial charge in [0.25, 0.3) is 0 Å². The first-order valence-electron chi connectivity index (χ1n) is 5.35. The largest absolute Gasteiger partial charge is 0.463 e. The minimum absolute atomic E-state index is 0.240. The molecule has 0 radical (unpaired) electrons. The van der Waals surface area contributed by atoms with E-state index in [1.807, 2.05) is 35.6 Å². The number of benzene rings is 1. The van der Waals surface area contributed by atoms with Crippen molar-refractivity contribution in [2.75, 3.05) is 7.11 Å². The van der Waals surface area contributed by atoms with Crippen LogP contribution in [-0.2, 0) is 11.3 Å². The van der Waals surface area contributed by atoms with Crippen LogP contribution in [0.4, 0.5) is 5.69 Å². The second-order valence-corrected chi connectivity index (χ2v) is 3.58. The number of para-hydroxylation sites is 1. The summed E-state index contributed by atoms with van der Waals surface area (Å²) in [5.74, 6) is 0.536. The van der Waals surface area contributed by atoms with Crippen LogP contribution >= 0.6 is 0 Å². The van der Waals surface area contributed by atoms with E-state index in [4.69, 9.17) is 4.42 Å². The molecule has 4 heteroatoms. The molecule has 2 N–H and O–H groups in total. The zero-order chi connectivity index (χ0) is 12.1. The van der Waals surface area contributed by atoms with Crippen LogP contribution < -0.4 is 5.32 Å². The highest BCUT2D eigenvalue weighted by atomic mass is 16.5. The smallest absolute Gasteiger partial charge is 0.373 e. The van der Waals surface area contributed by atoms with Crippen molar-refractivity contribution in [1.29, 1.82) is 0 Å². The summed E-state index contributed by atoms with van der Waals surface area (Å²) in [6.45, 7) is 0.654. The van der Waals surface area contributed by atoms with Crippen LogP contribution in [0.2, 0.25) is 0 Å². The third-order valence-electron chi connectivity index (χ3n) is 2.39. The Morgan fingerprint density at radius 3 is 2.71 bits per heavy atom. The van der Waals surface area contributed by atoms with Gasteiger partial charge in [-0.1, -0.05) is 18.2 Å². The lowest BCUT2D eigenvalue weighted by Gasteiger charge is -1.98. The quantitative estimate of drug-likeness (QED) is 0.641. The number of ether oxygens (including phenoxy) is 1. The van der Waals surface area contributed by atoms with Gasteiger partial charge in [0.1, 0.15) is 12.2 Å². The minimum Gasteiger partial charge on any atom is -0.463 e. The molecule has 1 aromatic heterocycles. The number of quaternary nitrogens is 1. The van der Waals surface area contributed by atoms with E-state index < -0.39 is 5.97 Å². The molecule has 17 heavy (non-hydrogen) atoms. The molecule has 1 heterocycles. The Labute approximate surface area is 99.2 Å². The Hall–Kier alpha value is -2.07.